The van der Waals surface area contributed by atoms with Crippen LogP contribution in [-0.4, -0.2) is 40.0 Å². The van der Waals surface area contributed by atoms with E-state index >= 15 is 0 Å². The summed E-state index contributed by atoms with van der Waals surface area (Å²) in [5.41, 5.74) is 1.24. The lowest BCUT2D eigenvalue weighted by molar-refractivity contribution is -0.148. The van der Waals surface area contributed by atoms with E-state index in [4.69, 9.17) is 0 Å². The van der Waals surface area contributed by atoms with Crippen molar-refractivity contribution < 1.29 is 14.7 Å². The molecule has 1 saturated heterocycles. The van der Waals surface area contributed by atoms with Crippen molar-refractivity contribution in [2.24, 2.45) is 5.41 Å². The molecule has 0 spiro atoms. The molecule has 0 radical (unpaired) electrons. The molecule has 2 heterocycles. The lowest BCUT2D eigenvalue weighted by Crippen LogP contribution is -2.36. The predicted octanol–water partition coefficient (Wildman–Crippen LogP) is 1.47. The topological polar surface area (TPSA) is 70.5 Å². The highest BCUT2D eigenvalue weighted by atomic mass is 32.1. The molecule has 0 aliphatic carbocycles. The van der Waals surface area contributed by atoms with Crippen LogP contribution in [0.4, 0.5) is 0 Å². The van der Waals surface area contributed by atoms with Crippen LogP contribution in [0.15, 0.2) is 10.9 Å². The normalized spacial score (nSPS) is 23.9. The van der Waals surface area contributed by atoms with Crippen molar-refractivity contribution in [3.8, 4) is 0 Å². The molecule has 17 heavy (non-hydrogen) atoms. The number of aromatic nitrogens is 1. The monoisotopic (exact) mass is 254 g/mol. The highest BCUT2D eigenvalue weighted by Crippen LogP contribution is 2.34. The van der Waals surface area contributed by atoms with E-state index in [2.05, 4.69) is 4.98 Å². The average Bonchev–Trinajstić information content (AvgIpc) is 2.98. The molecular formula is C11H14N2O3S. The predicted molar refractivity (Wildman–Crippen MR) is 63.0 cm³/mol. The van der Waals surface area contributed by atoms with Crippen LogP contribution >= 0.6 is 11.3 Å². The molecule has 1 aliphatic heterocycles. The number of carbonyl (C=O) groups excluding carboxylic acids is 1. The number of likely N-dealkylation sites (tertiary alicyclic amines) is 1. The number of carboxylic acid groups (broad SMARTS) is 1. The van der Waals surface area contributed by atoms with Crippen LogP contribution in [0.25, 0.3) is 0 Å². The first kappa shape index (κ1) is 12.0. The third-order valence-electron chi connectivity index (χ3n) is 3.42. The van der Waals surface area contributed by atoms with Gasteiger partial charge in [-0.05, 0) is 12.8 Å². The molecule has 1 aliphatic rings. The fraction of sp³-hybridized carbons (Fsp3) is 0.545. The van der Waals surface area contributed by atoms with Crippen LogP contribution in [0, 0.1) is 5.41 Å². The molecule has 1 amide bonds. The summed E-state index contributed by atoms with van der Waals surface area (Å²) in [5, 5.41) is 10.9. The molecular weight excluding hydrogens is 240 g/mol. The van der Waals surface area contributed by atoms with Gasteiger partial charge in [0.15, 0.2) is 0 Å². The van der Waals surface area contributed by atoms with Crippen LogP contribution in [0.2, 0.25) is 0 Å². The van der Waals surface area contributed by atoms with Crippen LogP contribution in [-0.2, 0) is 4.79 Å². The molecule has 5 nitrogen and oxygen atoms in total. The SMILES string of the molecule is CCC1(C(=O)O)CCN(C(=O)c2cscn2)C1. The van der Waals surface area contributed by atoms with E-state index in [0.29, 0.717) is 25.1 Å². The van der Waals surface area contributed by atoms with E-state index in [1.165, 1.54) is 11.3 Å². The summed E-state index contributed by atoms with van der Waals surface area (Å²) in [4.78, 5) is 28.8. The minimum absolute atomic E-state index is 0.164. The van der Waals surface area contributed by atoms with E-state index in [0.717, 1.165) is 0 Å². The standard InChI is InChI=1S/C11H14N2O3S/c1-2-11(10(15)16)3-4-13(6-11)9(14)8-5-17-7-12-8/h5,7H,2-4,6H2,1H3,(H,15,16). The molecule has 1 unspecified atom stereocenters. The zero-order chi connectivity index (χ0) is 12.5. The van der Waals surface area contributed by atoms with Crippen molar-refractivity contribution in [2.45, 2.75) is 19.8 Å². The Morgan fingerprint density at radius 1 is 1.65 bits per heavy atom. The minimum atomic E-state index is -0.812. The van der Waals surface area contributed by atoms with Gasteiger partial charge >= 0.3 is 5.97 Å². The van der Waals surface area contributed by atoms with Gasteiger partial charge in [-0.15, -0.1) is 11.3 Å². The van der Waals surface area contributed by atoms with Crippen molar-refractivity contribution in [3.05, 3.63) is 16.6 Å². The largest absolute Gasteiger partial charge is 0.481 e. The zero-order valence-electron chi connectivity index (χ0n) is 9.55. The highest BCUT2D eigenvalue weighted by molar-refractivity contribution is 7.07. The number of carboxylic acids is 1. The lowest BCUT2D eigenvalue weighted by atomic mass is 9.84. The molecule has 1 aromatic heterocycles. The smallest absolute Gasteiger partial charge is 0.311 e. The third-order valence-corrected chi connectivity index (χ3v) is 4.01. The molecule has 1 N–H and O–H groups in total. The maximum Gasteiger partial charge on any atom is 0.311 e. The van der Waals surface area contributed by atoms with Gasteiger partial charge in [-0.2, -0.15) is 0 Å². The van der Waals surface area contributed by atoms with Gasteiger partial charge in [-0.3, -0.25) is 9.59 Å². The van der Waals surface area contributed by atoms with E-state index in [1.807, 2.05) is 6.92 Å². The number of hydrogen-bond acceptors (Lipinski definition) is 4. The van der Waals surface area contributed by atoms with E-state index in [9.17, 15) is 14.7 Å². The Kier molecular flexibility index (Phi) is 3.15. The van der Waals surface area contributed by atoms with Crippen molar-refractivity contribution in [1.82, 2.24) is 9.88 Å². The summed E-state index contributed by atoms with van der Waals surface area (Å²) in [6, 6.07) is 0. The molecule has 0 aromatic carbocycles. The highest BCUT2D eigenvalue weighted by Gasteiger charge is 2.45. The second-order valence-electron chi connectivity index (χ2n) is 4.29. The number of aliphatic carboxylic acids is 1. The van der Waals surface area contributed by atoms with Gasteiger partial charge in [0.2, 0.25) is 0 Å². The molecule has 1 aromatic rings. The Morgan fingerprint density at radius 3 is 2.88 bits per heavy atom. The number of rotatable bonds is 3. The molecule has 0 bridgehead atoms. The van der Waals surface area contributed by atoms with Crippen molar-refractivity contribution >= 4 is 23.2 Å². The third kappa shape index (κ3) is 2.04. The van der Waals surface area contributed by atoms with Crippen LogP contribution in [0.3, 0.4) is 0 Å². The number of carbonyl (C=O) groups is 2. The van der Waals surface area contributed by atoms with Crippen molar-refractivity contribution in [3.63, 3.8) is 0 Å². The van der Waals surface area contributed by atoms with Crippen LogP contribution < -0.4 is 0 Å². The summed E-state index contributed by atoms with van der Waals surface area (Å²) >= 11 is 1.36. The first-order valence-corrected chi connectivity index (χ1v) is 6.44. The van der Waals surface area contributed by atoms with Crippen molar-refractivity contribution in [2.75, 3.05) is 13.1 Å². The summed E-state index contributed by atoms with van der Waals surface area (Å²) in [6.07, 6.45) is 1.07. The van der Waals surface area contributed by atoms with E-state index < -0.39 is 11.4 Å². The second-order valence-corrected chi connectivity index (χ2v) is 5.01. The first-order valence-electron chi connectivity index (χ1n) is 5.50. The fourth-order valence-corrected chi connectivity index (χ4v) is 2.67. The van der Waals surface area contributed by atoms with E-state index in [1.54, 1.807) is 15.8 Å². The van der Waals surface area contributed by atoms with Crippen molar-refractivity contribution in [1.29, 1.82) is 0 Å². The molecule has 92 valence electrons. The first-order chi connectivity index (χ1) is 8.09. The maximum absolute atomic E-state index is 12.0. The Hall–Kier alpha value is -1.43. The molecule has 0 saturated carbocycles. The number of amides is 1. The number of hydrogen-bond donors (Lipinski definition) is 1. The lowest BCUT2D eigenvalue weighted by Gasteiger charge is -2.22. The summed E-state index contributed by atoms with van der Waals surface area (Å²) in [6.45, 7) is 2.64. The number of nitrogens with zero attached hydrogens (tertiary/aromatic N) is 2. The van der Waals surface area contributed by atoms with Gasteiger partial charge in [-0.25, -0.2) is 4.98 Å². The minimum Gasteiger partial charge on any atom is -0.481 e. The Morgan fingerprint density at radius 2 is 2.41 bits per heavy atom. The second kappa shape index (κ2) is 4.44. The zero-order valence-corrected chi connectivity index (χ0v) is 10.4. The van der Waals surface area contributed by atoms with Gasteiger partial charge < -0.3 is 10.0 Å². The van der Waals surface area contributed by atoms with Crippen LogP contribution in [0.5, 0.6) is 0 Å². The average molecular weight is 254 g/mol. The number of thiazole rings is 1. The Labute approximate surface area is 103 Å². The maximum atomic E-state index is 12.0. The molecule has 1 fully saturated rings. The summed E-state index contributed by atoms with van der Waals surface area (Å²) in [7, 11) is 0. The van der Waals surface area contributed by atoms with Gasteiger partial charge in [0.05, 0.1) is 10.9 Å². The Balaban J connectivity index is 2.12. The summed E-state index contributed by atoms with van der Waals surface area (Å²) in [5.74, 6) is -0.976. The molecule has 1 atom stereocenters. The van der Waals surface area contributed by atoms with Gasteiger partial charge in [-0.1, -0.05) is 6.92 Å². The van der Waals surface area contributed by atoms with Gasteiger partial charge in [0.1, 0.15) is 5.69 Å². The quantitative estimate of drug-likeness (QED) is 0.886. The molecule has 2 rings (SSSR count). The van der Waals surface area contributed by atoms with Crippen LogP contribution in [0.1, 0.15) is 30.3 Å². The fourth-order valence-electron chi connectivity index (χ4n) is 2.14. The van der Waals surface area contributed by atoms with Gasteiger partial charge in [0.25, 0.3) is 5.91 Å². The molecule has 6 heteroatoms. The van der Waals surface area contributed by atoms with E-state index in [-0.39, 0.29) is 12.5 Å². The van der Waals surface area contributed by atoms with Gasteiger partial charge in [0, 0.05) is 18.5 Å². The summed E-state index contributed by atoms with van der Waals surface area (Å²) < 4.78 is 0. The Bertz CT molecular complexity index is 432.